The molecule has 42 heavy (non-hydrogen) atoms. The number of carbonyl (C=O) groups is 2. The van der Waals surface area contributed by atoms with E-state index in [-0.39, 0.29) is 24.0 Å². The summed E-state index contributed by atoms with van der Waals surface area (Å²) in [5.74, 6) is 1.78. The van der Waals surface area contributed by atoms with Gasteiger partial charge in [-0.25, -0.2) is 4.79 Å². The van der Waals surface area contributed by atoms with Crippen molar-refractivity contribution in [1.82, 2.24) is 25.3 Å². The summed E-state index contributed by atoms with van der Waals surface area (Å²) in [7, 11) is 0. The SMILES string of the molecule is CCCN1CC(C)CCN(CCN(CC)CC)CC1Cc1ccc(NC(=O)CCCCC2SCC3NC(=O)NC32)cc1. The van der Waals surface area contributed by atoms with Crippen molar-refractivity contribution in [2.75, 3.05) is 63.4 Å². The third-order valence-corrected chi connectivity index (χ3v) is 10.9. The normalized spacial score (nSPS) is 26.9. The molecule has 3 aliphatic rings. The quantitative estimate of drug-likeness (QED) is 0.201. The highest BCUT2D eigenvalue weighted by molar-refractivity contribution is 8.00. The third kappa shape index (κ3) is 9.86. The zero-order chi connectivity index (χ0) is 29.9. The van der Waals surface area contributed by atoms with Gasteiger partial charge in [0.25, 0.3) is 0 Å². The van der Waals surface area contributed by atoms with Gasteiger partial charge in [-0.15, -0.1) is 0 Å². The molecule has 3 heterocycles. The Morgan fingerprint density at radius 2 is 1.86 bits per heavy atom. The fourth-order valence-electron chi connectivity index (χ4n) is 6.82. The number of fused-ring (bicyclic) bond motifs is 1. The summed E-state index contributed by atoms with van der Waals surface area (Å²) in [6.45, 7) is 18.4. The van der Waals surface area contributed by atoms with Crippen LogP contribution in [0.25, 0.3) is 0 Å². The van der Waals surface area contributed by atoms with Gasteiger partial charge in [0.05, 0.1) is 12.1 Å². The van der Waals surface area contributed by atoms with Crippen molar-refractivity contribution in [2.45, 2.75) is 96.0 Å². The van der Waals surface area contributed by atoms with Gasteiger partial charge < -0.3 is 25.8 Å². The van der Waals surface area contributed by atoms with E-state index in [0.29, 0.717) is 23.6 Å². The number of thioether (sulfide) groups is 1. The van der Waals surface area contributed by atoms with Crippen LogP contribution in [0.1, 0.15) is 71.8 Å². The van der Waals surface area contributed by atoms with Gasteiger partial charge in [-0.3, -0.25) is 9.69 Å². The van der Waals surface area contributed by atoms with Crippen molar-refractivity contribution < 1.29 is 9.59 Å². The Balaban J connectivity index is 1.25. The molecule has 0 saturated carbocycles. The van der Waals surface area contributed by atoms with Crippen LogP contribution in [0, 0.1) is 5.92 Å². The Bertz CT molecular complexity index is 974. The van der Waals surface area contributed by atoms with Crippen molar-refractivity contribution >= 4 is 29.4 Å². The fourth-order valence-corrected chi connectivity index (χ4v) is 8.37. The molecule has 0 spiro atoms. The van der Waals surface area contributed by atoms with Crippen LogP contribution in [-0.4, -0.2) is 108 Å². The standard InChI is InChI=1S/C33H56N6O2S/c1-5-17-39-22-25(4)16-18-38(20-19-37(6-2)7-3)23-28(39)21-26-12-14-27(15-13-26)34-31(40)11-9-8-10-30-32-29(24-42-30)35-33(41)36-32/h12-15,25,28-30,32H,5-11,16-24H2,1-4H3,(H,34,40)(H2,35,36,41). The van der Waals surface area contributed by atoms with Gasteiger partial charge in [0.1, 0.15) is 0 Å². The van der Waals surface area contributed by atoms with Crippen LogP contribution in [0.2, 0.25) is 0 Å². The highest BCUT2D eigenvalue weighted by Crippen LogP contribution is 2.33. The van der Waals surface area contributed by atoms with Crippen LogP contribution in [-0.2, 0) is 11.2 Å². The fraction of sp³-hybridized carbons (Fsp3) is 0.758. The monoisotopic (exact) mass is 600 g/mol. The zero-order valence-electron chi connectivity index (χ0n) is 26.6. The van der Waals surface area contributed by atoms with Crippen LogP contribution in [0.15, 0.2) is 24.3 Å². The van der Waals surface area contributed by atoms with Crippen LogP contribution in [0.4, 0.5) is 10.5 Å². The second kappa shape index (κ2) is 16.9. The number of anilines is 1. The second-order valence-electron chi connectivity index (χ2n) is 12.7. The number of carbonyl (C=O) groups excluding carboxylic acids is 2. The largest absolute Gasteiger partial charge is 0.332 e. The summed E-state index contributed by atoms with van der Waals surface area (Å²) >= 11 is 1.94. The van der Waals surface area contributed by atoms with Crippen molar-refractivity contribution in [3.8, 4) is 0 Å². The molecule has 9 heteroatoms. The lowest BCUT2D eigenvalue weighted by Gasteiger charge is -2.40. The van der Waals surface area contributed by atoms with Crippen molar-refractivity contribution in [3.63, 3.8) is 0 Å². The van der Waals surface area contributed by atoms with Crippen molar-refractivity contribution in [1.29, 1.82) is 0 Å². The molecule has 1 aromatic carbocycles. The molecule has 0 aliphatic carbocycles. The minimum Gasteiger partial charge on any atom is -0.332 e. The average molecular weight is 601 g/mol. The smallest absolute Gasteiger partial charge is 0.315 e. The number of likely N-dealkylation sites (N-methyl/N-ethyl adjacent to an activating group) is 1. The third-order valence-electron chi connectivity index (χ3n) is 9.40. The first kappa shape index (κ1) is 33.1. The number of urea groups is 1. The number of nitrogens with one attached hydrogen (secondary N) is 3. The summed E-state index contributed by atoms with van der Waals surface area (Å²) in [5, 5.41) is 9.61. The Kier molecular flexibility index (Phi) is 13.3. The van der Waals surface area contributed by atoms with E-state index >= 15 is 0 Å². The molecule has 3 N–H and O–H groups in total. The Labute approximate surface area is 259 Å². The van der Waals surface area contributed by atoms with Gasteiger partial charge in [0.15, 0.2) is 0 Å². The molecule has 0 bridgehead atoms. The number of hydrogen-bond donors (Lipinski definition) is 3. The lowest BCUT2D eigenvalue weighted by atomic mass is 9.98. The number of hydrogen-bond acceptors (Lipinski definition) is 6. The maximum Gasteiger partial charge on any atom is 0.315 e. The molecule has 3 amide bonds. The molecule has 0 radical (unpaired) electrons. The van der Waals surface area contributed by atoms with Gasteiger partial charge >= 0.3 is 6.03 Å². The first-order valence-electron chi connectivity index (χ1n) is 16.6. The van der Waals surface area contributed by atoms with Crippen LogP contribution >= 0.6 is 11.8 Å². The predicted molar refractivity (Wildman–Crippen MR) is 176 cm³/mol. The predicted octanol–water partition coefficient (Wildman–Crippen LogP) is 4.66. The highest BCUT2D eigenvalue weighted by atomic mass is 32.2. The van der Waals surface area contributed by atoms with E-state index in [1.54, 1.807) is 0 Å². The summed E-state index contributed by atoms with van der Waals surface area (Å²) in [5.41, 5.74) is 2.23. The molecular formula is C33H56N6O2S. The lowest BCUT2D eigenvalue weighted by molar-refractivity contribution is -0.116. The van der Waals surface area contributed by atoms with Crippen molar-refractivity contribution in [3.05, 3.63) is 29.8 Å². The first-order chi connectivity index (χ1) is 20.4. The van der Waals surface area contributed by atoms with Gasteiger partial charge in [-0.2, -0.15) is 11.8 Å². The average Bonchev–Trinajstić information content (AvgIpc) is 3.53. The summed E-state index contributed by atoms with van der Waals surface area (Å²) in [6.07, 6.45) is 6.95. The minimum absolute atomic E-state index is 0.0360. The highest BCUT2D eigenvalue weighted by Gasteiger charge is 2.42. The maximum absolute atomic E-state index is 12.6. The summed E-state index contributed by atoms with van der Waals surface area (Å²) in [6, 6.07) is 9.54. The van der Waals surface area contributed by atoms with Gasteiger partial charge in [-0.1, -0.05) is 46.2 Å². The van der Waals surface area contributed by atoms with Crippen LogP contribution in [0.5, 0.6) is 0 Å². The van der Waals surface area contributed by atoms with E-state index in [4.69, 9.17) is 0 Å². The van der Waals surface area contributed by atoms with E-state index in [0.717, 1.165) is 76.4 Å². The maximum atomic E-state index is 12.6. The minimum atomic E-state index is -0.0360. The lowest BCUT2D eigenvalue weighted by Crippen LogP contribution is -2.51. The molecular weight excluding hydrogens is 544 g/mol. The molecule has 8 nitrogen and oxygen atoms in total. The van der Waals surface area contributed by atoms with E-state index in [2.05, 4.69) is 82.6 Å². The Morgan fingerprint density at radius 3 is 2.60 bits per heavy atom. The molecule has 1 aromatic rings. The van der Waals surface area contributed by atoms with Crippen LogP contribution in [0.3, 0.4) is 0 Å². The molecule has 236 valence electrons. The molecule has 3 saturated heterocycles. The first-order valence-corrected chi connectivity index (χ1v) is 17.7. The van der Waals surface area contributed by atoms with Crippen LogP contribution < -0.4 is 16.0 Å². The number of benzene rings is 1. The number of nitrogens with zero attached hydrogens (tertiary/aromatic N) is 3. The van der Waals surface area contributed by atoms with Gasteiger partial charge in [0.2, 0.25) is 5.91 Å². The number of unbranched alkanes of at least 4 members (excludes halogenated alkanes) is 1. The molecule has 4 rings (SSSR count). The van der Waals surface area contributed by atoms with Gasteiger partial charge in [-0.05, 0) is 81.9 Å². The number of amides is 3. The summed E-state index contributed by atoms with van der Waals surface area (Å²) in [4.78, 5) is 32.2. The topological polar surface area (TPSA) is 80.0 Å². The molecule has 3 fully saturated rings. The van der Waals surface area contributed by atoms with E-state index in [1.807, 2.05) is 11.8 Å². The van der Waals surface area contributed by atoms with Gasteiger partial charge in [0, 0.05) is 55.3 Å². The molecule has 5 unspecified atom stereocenters. The molecule has 3 aliphatic heterocycles. The van der Waals surface area contributed by atoms with E-state index < -0.39 is 0 Å². The van der Waals surface area contributed by atoms with E-state index in [1.165, 1.54) is 31.5 Å². The number of rotatable bonds is 15. The Hall–Kier alpha value is -1.81. The zero-order valence-corrected chi connectivity index (χ0v) is 27.4. The van der Waals surface area contributed by atoms with Crippen molar-refractivity contribution in [2.24, 2.45) is 5.92 Å². The Morgan fingerprint density at radius 1 is 1.07 bits per heavy atom. The molecule has 5 atom stereocenters. The summed E-state index contributed by atoms with van der Waals surface area (Å²) < 4.78 is 0. The molecule has 0 aromatic heterocycles. The van der Waals surface area contributed by atoms with E-state index in [9.17, 15) is 9.59 Å². The second-order valence-corrected chi connectivity index (χ2v) is 14.0.